The summed E-state index contributed by atoms with van der Waals surface area (Å²) in [6.07, 6.45) is 0. The van der Waals surface area contributed by atoms with Crippen molar-refractivity contribution in [1.82, 2.24) is 10.2 Å². The molecule has 106 valence electrons. The number of nitrogens with one attached hydrogen (secondary N) is 2. The third kappa shape index (κ3) is 2.82. The Labute approximate surface area is 123 Å². The van der Waals surface area contributed by atoms with E-state index in [0.717, 1.165) is 0 Å². The van der Waals surface area contributed by atoms with Crippen molar-refractivity contribution in [2.75, 3.05) is 11.1 Å². The van der Waals surface area contributed by atoms with E-state index in [4.69, 9.17) is 5.73 Å². The maximum absolute atomic E-state index is 13.7. The van der Waals surface area contributed by atoms with Crippen LogP contribution in [0.15, 0.2) is 22.7 Å². The number of anilines is 2. The van der Waals surface area contributed by atoms with Crippen LogP contribution in [0.1, 0.15) is 35.9 Å². The van der Waals surface area contributed by atoms with Gasteiger partial charge >= 0.3 is 0 Å². The maximum Gasteiger partial charge on any atom is 0.278 e. The normalized spacial score (nSPS) is 10.8. The van der Waals surface area contributed by atoms with Gasteiger partial charge in [-0.25, -0.2) is 4.39 Å². The van der Waals surface area contributed by atoms with Gasteiger partial charge in [0.05, 0.1) is 17.1 Å². The van der Waals surface area contributed by atoms with Crippen molar-refractivity contribution < 1.29 is 9.18 Å². The monoisotopic (exact) mass is 340 g/mol. The van der Waals surface area contributed by atoms with E-state index in [-0.39, 0.29) is 23.0 Å². The first-order valence-corrected chi connectivity index (χ1v) is 6.79. The molecule has 4 N–H and O–H groups in total. The van der Waals surface area contributed by atoms with Gasteiger partial charge in [0.25, 0.3) is 5.91 Å². The lowest BCUT2D eigenvalue weighted by Crippen LogP contribution is -2.15. The quantitative estimate of drug-likeness (QED) is 0.801. The van der Waals surface area contributed by atoms with Crippen LogP contribution in [0.25, 0.3) is 0 Å². The topological polar surface area (TPSA) is 83.8 Å². The Bertz CT molecular complexity index is 654. The lowest BCUT2D eigenvalue weighted by atomic mass is 10.1. The van der Waals surface area contributed by atoms with Crippen molar-refractivity contribution in [3.05, 3.63) is 39.9 Å². The molecule has 0 aliphatic rings. The fourth-order valence-electron chi connectivity index (χ4n) is 1.75. The molecule has 0 aliphatic carbocycles. The summed E-state index contributed by atoms with van der Waals surface area (Å²) in [4.78, 5) is 12.1. The van der Waals surface area contributed by atoms with Crippen LogP contribution in [0.5, 0.6) is 0 Å². The number of halogens is 2. The van der Waals surface area contributed by atoms with Crippen molar-refractivity contribution in [3.8, 4) is 0 Å². The van der Waals surface area contributed by atoms with Crippen LogP contribution in [0, 0.1) is 5.82 Å². The van der Waals surface area contributed by atoms with Crippen molar-refractivity contribution in [3.63, 3.8) is 0 Å². The van der Waals surface area contributed by atoms with Gasteiger partial charge in [-0.05, 0) is 24.1 Å². The number of aromatic amines is 1. The van der Waals surface area contributed by atoms with Crippen LogP contribution < -0.4 is 11.1 Å². The zero-order chi connectivity index (χ0) is 14.9. The van der Waals surface area contributed by atoms with Crippen molar-refractivity contribution in [2.45, 2.75) is 19.8 Å². The molecule has 7 heteroatoms. The van der Waals surface area contributed by atoms with E-state index in [1.54, 1.807) is 6.07 Å². The van der Waals surface area contributed by atoms with E-state index >= 15 is 0 Å². The Balaban J connectivity index is 2.24. The standard InChI is InChI=1S/C13H14BrFN4O/c1-6(2)11-10(16)12(19-18-11)13(20)17-9-4-3-7(14)5-8(9)15/h3-6H,16H2,1-2H3,(H,17,20)(H,18,19). The molecule has 20 heavy (non-hydrogen) atoms. The first-order chi connectivity index (χ1) is 9.40. The molecular weight excluding hydrogens is 327 g/mol. The van der Waals surface area contributed by atoms with Crippen LogP contribution in [-0.4, -0.2) is 16.1 Å². The van der Waals surface area contributed by atoms with Gasteiger partial charge in [-0.3, -0.25) is 9.89 Å². The van der Waals surface area contributed by atoms with Gasteiger partial charge < -0.3 is 11.1 Å². The minimum Gasteiger partial charge on any atom is -0.395 e. The van der Waals surface area contributed by atoms with Gasteiger partial charge in [0.15, 0.2) is 5.69 Å². The number of benzene rings is 1. The zero-order valence-corrected chi connectivity index (χ0v) is 12.6. The van der Waals surface area contributed by atoms with Crippen LogP contribution in [0.3, 0.4) is 0 Å². The molecule has 0 saturated carbocycles. The molecular formula is C13H14BrFN4O. The SMILES string of the molecule is CC(C)c1[nH]nc(C(=O)Nc2ccc(Br)cc2F)c1N. The number of aromatic nitrogens is 2. The van der Waals surface area contributed by atoms with E-state index in [1.807, 2.05) is 13.8 Å². The molecule has 1 amide bonds. The Morgan fingerprint density at radius 2 is 2.20 bits per heavy atom. The maximum atomic E-state index is 13.7. The summed E-state index contributed by atoms with van der Waals surface area (Å²) in [7, 11) is 0. The lowest BCUT2D eigenvalue weighted by molar-refractivity contribution is 0.102. The van der Waals surface area contributed by atoms with Crippen molar-refractivity contribution >= 4 is 33.2 Å². The summed E-state index contributed by atoms with van der Waals surface area (Å²) >= 11 is 3.15. The second kappa shape index (κ2) is 5.62. The molecule has 0 spiro atoms. The summed E-state index contributed by atoms with van der Waals surface area (Å²) in [5, 5.41) is 9.06. The number of carbonyl (C=O) groups excluding carboxylic acids is 1. The number of nitrogens with zero attached hydrogens (tertiary/aromatic N) is 1. The van der Waals surface area contributed by atoms with Crippen molar-refractivity contribution in [1.29, 1.82) is 0 Å². The second-order valence-electron chi connectivity index (χ2n) is 4.63. The van der Waals surface area contributed by atoms with Gasteiger partial charge in [0.1, 0.15) is 5.82 Å². The number of amides is 1. The number of nitrogen functional groups attached to an aromatic ring is 1. The number of rotatable bonds is 3. The molecule has 0 aliphatic heterocycles. The Kier molecular flexibility index (Phi) is 4.08. The fourth-order valence-corrected chi connectivity index (χ4v) is 2.08. The molecule has 0 radical (unpaired) electrons. The van der Waals surface area contributed by atoms with Gasteiger partial charge in [-0.1, -0.05) is 29.8 Å². The smallest absolute Gasteiger partial charge is 0.278 e. The van der Waals surface area contributed by atoms with E-state index < -0.39 is 11.7 Å². The van der Waals surface area contributed by atoms with E-state index in [1.165, 1.54) is 12.1 Å². The molecule has 0 fully saturated rings. The van der Waals surface area contributed by atoms with Gasteiger partial charge in [0, 0.05) is 4.47 Å². The Hall–Kier alpha value is -1.89. The van der Waals surface area contributed by atoms with E-state index in [0.29, 0.717) is 10.2 Å². The minimum atomic E-state index is -0.549. The minimum absolute atomic E-state index is 0.0658. The predicted octanol–water partition coefficient (Wildman–Crippen LogP) is 3.27. The highest BCUT2D eigenvalue weighted by Gasteiger charge is 2.19. The first-order valence-electron chi connectivity index (χ1n) is 6.00. The summed E-state index contributed by atoms with van der Waals surface area (Å²) < 4.78 is 14.2. The summed E-state index contributed by atoms with van der Waals surface area (Å²) in [5.74, 6) is -0.966. The highest BCUT2D eigenvalue weighted by molar-refractivity contribution is 9.10. The van der Waals surface area contributed by atoms with E-state index in [2.05, 4.69) is 31.4 Å². The number of nitrogens with two attached hydrogens (primary N) is 1. The van der Waals surface area contributed by atoms with Gasteiger partial charge in [-0.2, -0.15) is 5.10 Å². The zero-order valence-electron chi connectivity index (χ0n) is 11.0. The molecule has 5 nitrogen and oxygen atoms in total. The Morgan fingerprint density at radius 3 is 2.75 bits per heavy atom. The molecule has 0 saturated heterocycles. The average Bonchev–Trinajstić information content (AvgIpc) is 2.74. The summed E-state index contributed by atoms with van der Waals surface area (Å²) in [6.45, 7) is 3.86. The summed E-state index contributed by atoms with van der Waals surface area (Å²) in [5.41, 5.74) is 6.98. The number of hydrogen-bond donors (Lipinski definition) is 3. The third-order valence-electron chi connectivity index (χ3n) is 2.81. The van der Waals surface area contributed by atoms with Crippen LogP contribution >= 0.6 is 15.9 Å². The lowest BCUT2D eigenvalue weighted by Gasteiger charge is -2.06. The molecule has 1 heterocycles. The molecule has 0 atom stereocenters. The number of hydrogen-bond acceptors (Lipinski definition) is 3. The largest absolute Gasteiger partial charge is 0.395 e. The molecule has 2 rings (SSSR count). The molecule has 1 aromatic heterocycles. The highest BCUT2D eigenvalue weighted by Crippen LogP contribution is 2.24. The summed E-state index contributed by atoms with van der Waals surface area (Å²) in [6, 6.07) is 4.36. The van der Waals surface area contributed by atoms with Crippen molar-refractivity contribution in [2.24, 2.45) is 0 Å². The molecule has 0 bridgehead atoms. The third-order valence-corrected chi connectivity index (χ3v) is 3.30. The predicted molar refractivity (Wildman–Crippen MR) is 79.1 cm³/mol. The molecule has 2 aromatic rings. The van der Waals surface area contributed by atoms with Crippen LogP contribution in [0.4, 0.5) is 15.8 Å². The highest BCUT2D eigenvalue weighted by atomic mass is 79.9. The van der Waals surface area contributed by atoms with Gasteiger partial charge in [0.2, 0.25) is 0 Å². The van der Waals surface area contributed by atoms with Crippen LogP contribution in [-0.2, 0) is 0 Å². The second-order valence-corrected chi connectivity index (χ2v) is 5.55. The number of H-pyrrole nitrogens is 1. The van der Waals surface area contributed by atoms with Gasteiger partial charge in [-0.15, -0.1) is 0 Å². The molecule has 0 unspecified atom stereocenters. The molecule has 1 aromatic carbocycles. The van der Waals surface area contributed by atoms with E-state index in [9.17, 15) is 9.18 Å². The van der Waals surface area contributed by atoms with Crippen LogP contribution in [0.2, 0.25) is 0 Å². The fraction of sp³-hybridized carbons (Fsp3) is 0.231. The first kappa shape index (κ1) is 14.5. The average molecular weight is 341 g/mol. The number of carbonyl (C=O) groups is 1. The Morgan fingerprint density at radius 1 is 1.50 bits per heavy atom.